The Labute approximate surface area is 113 Å². The fraction of sp³-hybridized carbons (Fsp3) is 0. The third-order valence-electron chi connectivity index (χ3n) is 2.25. The van der Waals surface area contributed by atoms with Crippen molar-refractivity contribution in [2.75, 3.05) is 4.72 Å². The standard InChI is InChI=1S/C11H9NO5S2/c13-9-4-3-7(11(14)15)6-8(9)12-19(16,17)10-2-1-5-18-10/h1-6,12-13H,(H,14,15). The van der Waals surface area contributed by atoms with E-state index in [0.717, 1.165) is 23.5 Å². The summed E-state index contributed by atoms with van der Waals surface area (Å²) in [6.07, 6.45) is 0. The van der Waals surface area contributed by atoms with Gasteiger partial charge in [0.15, 0.2) is 0 Å². The van der Waals surface area contributed by atoms with Crippen LogP contribution in [0.3, 0.4) is 0 Å². The lowest BCUT2D eigenvalue weighted by atomic mass is 10.2. The van der Waals surface area contributed by atoms with Crippen molar-refractivity contribution < 1.29 is 23.4 Å². The first-order valence-corrected chi connectivity index (χ1v) is 7.39. The van der Waals surface area contributed by atoms with Crippen LogP contribution in [0.4, 0.5) is 5.69 Å². The summed E-state index contributed by atoms with van der Waals surface area (Å²) in [6.45, 7) is 0. The largest absolute Gasteiger partial charge is 0.506 e. The van der Waals surface area contributed by atoms with Gasteiger partial charge in [-0.1, -0.05) is 6.07 Å². The van der Waals surface area contributed by atoms with Crippen molar-refractivity contribution in [3.05, 3.63) is 41.3 Å². The Balaban J connectivity index is 2.39. The maximum atomic E-state index is 11.9. The Morgan fingerprint density at radius 2 is 2.00 bits per heavy atom. The van der Waals surface area contributed by atoms with Gasteiger partial charge in [0.2, 0.25) is 0 Å². The summed E-state index contributed by atoms with van der Waals surface area (Å²) >= 11 is 1.02. The molecule has 0 radical (unpaired) electrons. The Morgan fingerprint density at radius 1 is 1.26 bits per heavy atom. The molecule has 100 valence electrons. The number of anilines is 1. The fourth-order valence-corrected chi connectivity index (χ4v) is 3.42. The van der Waals surface area contributed by atoms with Gasteiger partial charge >= 0.3 is 5.97 Å². The molecule has 6 nitrogen and oxygen atoms in total. The number of hydrogen-bond donors (Lipinski definition) is 3. The molecule has 0 aliphatic heterocycles. The molecule has 3 N–H and O–H groups in total. The molecule has 0 fully saturated rings. The van der Waals surface area contributed by atoms with Gasteiger partial charge in [-0.15, -0.1) is 11.3 Å². The van der Waals surface area contributed by atoms with E-state index < -0.39 is 16.0 Å². The molecule has 0 saturated carbocycles. The molecule has 0 aliphatic rings. The van der Waals surface area contributed by atoms with E-state index in [0.29, 0.717) is 0 Å². The summed E-state index contributed by atoms with van der Waals surface area (Å²) < 4.78 is 26.1. The first kappa shape index (κ1) is 13.4. The molecule has 0 bridgehead atoms. The highest BCUT2D eigenvalue weighted by Crippen LogP contribution is 2.28. The van der Waals surface area contributed by atoms with Crippen LogP contribution >= 0.6 is 11.3 Å². The minimum Gasteiger partial charge on any atom is -0.506 e. The summed E-state index contributed by atoms with van der Waals surface area (Å²) in [5.74, 6) is -1.55. The quantitative estimate of drug-likeness (QED) is 0.749. The Kier molecular flexibility index (Phi) is 3.45. The molecule has 0 spiro atoms. The number of thiophene rings is 1. The average Bonchev–Trinajstić information content (AvgIpc) is 2.85. The van der Waals surface area contributed by atoms with Crippen molar-refractivity contribution in [2.24, 2.45) is 0 Å². The molecular weight excluding hydrogens is 290 g/mol. The predicted octanol–water partition coefficient (Wildman–Crippen LogP) is 1.95. The molecule has 0 saturated heterocycles. The van der Waals surface area contributed by atoms with Crippen LogP contribution in [-0.4, -0.2) is 24.6 Å². The number of carbonyl (C=O) groups is 1. The summed E-state index contributed by atoms with van der Waals surface area (Å²) in [6, 6.07) is 6.34. The Bertz CT molecular complexity index is 707. The van der Waals surface area contributed by atoms with E-state index >= 15 is 0 Å². The van der Waals surface area contributed by atoms with Gasteiger partial charge in [0.05, 0.1) is 11.3 Å². The van der Waals surface area contributed by atoms with Crippen LogP contribution in [0.15, 0.2) is 39.9 Å². The predicted molar refractivity (Wildman–Crippen MR) is 70.2 cm³/mol. The minimum absolute atomic E-state index is 0.0765. The van der Waals surface area contributed by atoms with Gasteiger partial charge in [0.25, 0.3) is 10.0 Å². The highest BCUT2D eigenvalue weighted by molar-refractivity contribution is 7.94. The maximum absolute atomic E-state index is 11.9. The molecule has 1 heterocycles. The van der Waals surface area contributed by atoms with Gasteiger partial charge in [-0.25, -0.2) is 13.2 Å². The zero-order valence-corrected chi connectivity index (χ0v) is 11.0. The first-order valence-electron chi connectivity index (χ1n) is 5.03. The summed E-state index contributed by atoms with van der Waals surface area (Å²) in [5, 5.41) is 20.0. The third-order valence-corrected chi connectivity index (χ3v) is 5.01. The number of carboxylic acids is 1. The molecule has 8 heteroatoms. The molecule has 2 aromatic rings. The van der Waals surface area contributed by atoms with Gasteiger partial charge in [-0.05, 0) is 29.6 Å². The third kappa shape index (κ3) is 2.85. The highest BCUT2D eigenvalue weighted by Gasteiger charge is 2.18. The fourth-order valence-electron chi connectivity index (χ4n) is 1.36. The van der Waals surface area contributed by atoms with E-state index in [1.54, 1.807) is 11.4 Å². The van der Waals surface area contributed by atoms with Gasteiger partial charge in [-0.2, -0.15) is 0 Å². The number of phenolic OH excluding ortho intramolecular Hbond substituents is 1. The number of phenols is 1. The number of carboxylic acid groups (broad SMARTS) is 1. The molecule has 0 amide bonds. The van der Waals surface area contributed by atoms with E-state index in [4.69, 9.17) is 5.11 Å². The lowest BCUT2D eigenvalue weighted by Gasteiger charge is -2.08. The van der Waals surface area contributed by atoms with Crippen LogP contribution in [0.25, 0.3) is 0 Å². The first-order chi connectivity index (χ1) is 8.90. The zero-order chi connectivity index (χ0) is 14.0. The van der Waals surface area contributed by atoms with E-state index in [9.17, 15) is 18.3 Å². The SMILES string of the molecule is O=C(O)c1ccc(O)c(NS(=O)(=O)c2cccs2)c1. The van der Waals surface area contributed by atoms with Crippen LogP contribution in [-0.2, 0) is 10.0 Å². The van der Waals surface area contributed by atoms with Crippen LogP contribution < -0.4 is 4.72 Å². The molecule has 0 atom stereocenters. The average molecular weight is 299 g/mol. The number of benzene rings is 1. The van der Waals surface area contributed by atoms with Gasteiger partial charge in [0.1, 0.15) is 9.96 Å². The van der Waals surface area contributed by atoms with Gasteiger partial charge < -0.3 is 10.2 Å². The van der Waals surface area contributed by atoms with Crippen molar-refractivity contribution >= 4 is 33.0 Å². The molecule has 1 aromatic heterocycles. The molecule has 1 aromatic carbocycles. The van der Waals surface area contributed by atoms with E-state index in [1.807, 2.05) is 0 Å². The minimum atomic E-state index is -3.82. The molecule has 19 heavy (non-hydrogen) atoms. The van der Waals surface area contributed by atoms with E-state index in [-0.39, 0.29) is 21.2 Å². The van der Waals surface area contributed by atoms with Crippen LogP contribution in [0.2, 0.25) is 0 Å². The molecule has 2 rings (SSSR count). The second kappa shape index (κ2) is 4.90. The second-order valence-electron chi connectivity index (χ2n) is 3.57. The van der Waals surface area contributed by atoms with Crippen molar-refractivity contribution in [3.63, 3.8) is 0 Å². The number of aromatic hydroxyl groups is 1. The Hall–Kier alpha value is -2.06. The monoisotopic (exact) mass is 299 g/mol. The lowest BCUT2D eigenvalue weighted by molar-refractivity contribution is 0.0697. The van der Waals surface area contributed by atoms with Crippen LogP contribution in [0.1, 0.15) is 10.4 Å². The summed E-state index contributed by atoms with van der Waals surface area (Å²) in [5.41, 5.74) is -0.296. The topological polar surface area (TPSA) is 104 Å². The molecule has 0 unspecified atom stereocenters. The summed E-state index contributed by atoms with van der Waals surface area (Å²) in [4.78, 5) is 10.8. The van der Waals surface area contributed by atoms with Crippen molar-refractivity contribution in [2.45, 2.75) is 4.21 Å². The van der Waals surface area contributed by atoms with E-state index in [2.05, 4.69) is 4.72 Å². The maximum Gasteiger partial charge on any atom is 0.335 e. The highest BCUT2D eigenvalue weighted by atomic mass is 32.2. The normalized spacial score (nSPS) is 11.2. The van der Waals surface area contributed by atoms with E-state index in [1.165, 1.54) is 12.1 Å². The van der Waals surface area contributed by atoms with Crippen molar-refractivity contribution in [1.29, 1.82) is 0 Å². The Morgan fingerprint density at radius 3 is 2.58 bits per heavy atom. The second-order valence-corrected chi connectivity index (χ2v) is 6.43. The van der Waals surface area contributed by atoms with Crippen molar-refractivity contribution in [1.82, 2.24) is 0 Å². The number of aromatic carboxylic acids is 1. The van der Waals surface area contributed by atoms with Crippen LogP contribution in [0.5, 0.6) is 5.75 Å². The van der Waals surface area contributed by atoms with Crippen molar-refractivity contribution in [3.8, 4) is 5.75 Å². The van der Waals surface area contributed by atoms with Gasteiger partial charge in [0, 0.05) is 0 Å². The lowest BCUT2D eigenvalue weighted by Crippen LogP contribution is -2.12. The smallest absolute Gasteiger partial charge is 0.335 e. The summed E-state index contributed by atoms with van der Waals surface area (Å²) in [7, 11) is -3.82. The number of nitrogens with one attached hydrogen (secondary N) is 1. The molecular formula is C11H9NO5S2. The molecule has 0 aliphatic carbocycles. The zero-order valence-electron chi connectivity index (χ0n) is 9.40. The van der Waals surface area contributed by atoms with Gasteiger partial charge in [-0.3, -0.25) is 4.72 Å². The number of rotatable bonds is 4. The number of sulfonamides is 1. The van der Waals surface area contributed by atoms with Crippen LogP contribution in [0, 0.1) is 0 Å². The number of hydrogen-bond acceptors (Lipinski definition) is 5.